The van der Waals surface area contributed by atoms with Crippen molar-refractivity contribution >= 4 is 71.2 Å². The number of rotatable bonds is 3. The van der Waals surface area contributed by atoms with Crippen molar-refractivity contribution in [3.63, 3.8) is 0 Å². The van der Waals surface area contributed by atoms with Gasteiger partial charge in [0.05, 0.1) is 45.6 Å². The number of para-hydroxylation sites is 4. The second-order valence-corrected chi connectivity index (χ2v) is 12.3. The van der Waals surface area contributed by atoms with Crippen LogP contribution >= 0.6 is 0 Å². The summed E-state index contributed by atoms with van der Waals surface area (Å²) < 4.78 is 10.7. The fourth-order valence-corrected chi connectivity index (χ4v) is 7.60. The number of aromatic nitrogens is 2. The molecule has 10 aromatic rings. The van der Waals surface area contributed by atoms with Crippen LogP contribution in [0.25, 0.3) is 92.9 Å². The van der Waals surface area contributed by atoms with Gasteiger partial charge in [0.1, 0.15) is 17.2 Å². The van der Waals surface area contributed by atoms with Gasteiger partial charge in [-0.2, -0.15) is 5.26 Å². The van der Waals surface area contributed by atoms with Gasteiger partial charge in [0.2, 0.25) is 5.69 Å². The van der Waals surface area contributed by atoms with E-state index in [9.17, 15) is 5.26 Å². The van der Waals surface area contributed by atoms with Gasteiger partial charge in [-0.3, -0.25) is 0 Å². The highest BCUT2D eigenvalue weighted by Crippen LogP contribution is 2.41. The minimum atomic E-state index is 0.572. The first-order valence-corrected chi connectivity index (χ1v) is 16.1. The first-order valence-electron chi connectivity index (χ1n) is 16.1. The number of furan rings is 1. The number of hydrogen-bond acceptors (Lipinski definition) is 2. The number of hydrogen-bond donors (Lipinski definition) is 0. The molecule has 3 heterocycles. The van der Waals surface area contributed by atoms with Crippen molar-refractivity contribution in [2.45, 2.75) is 0 Å². The highest BCUT2D eigenvalue weighted by Gasteiger charge is 2.20. The van der Waals surface area contributed by atoms with Gasteiger partial charge in [-0.25, -0.2) is 4.85 Å². The first-order chi connectivity index (χ1) is 24.2. The molecule has 5 nitrogen and oxygen atoms in total. The molecule has 5 heteroatoms. The maximum atomic E-state index is 10.4. The zero-order valence-corrected chi connectivity index (χ0v) is 26.1. The van der Waals surface area contributed by atoms with Crippen LogP contribution < -0.4 is 0 Å². The molecule has 3 aromatic heterocycles. The standard InChI is InChI=1S/C44H24N4O/c1-46-36-21-20-28(23-42(36)47-37-14-6-2-10-30(37)31-11-3-7-15-38(31)47)27-18-19-29(26-45)40(22-27)48-39-16-8-4-12-32(39)34-25-44-35(24-41(34)48)33-13-5-9-17-43(33)49-44/h2-25H. The predicted molar refractivity (Wildman–Crippen MR) is 199 cm³/mol. The van der Waals surface area contributed by atoms with Crippen LogP contribution in [0.15, 0.2) is 150 Å². The molecule has 0 aliphatic heterocycles. The maximum absolute atomic E-state index is 10.4. The second-order valence-electron chi connectivity index (χ2n) is 12.3. The summed E-state index contributed by atoms with van der Waals surface area (Å²) >= 11 is 0. The van der Waals surface area contributed by atoms with Crippen molar-refractivity contribution in [1.29, 1.82) is 5.26 Å². The van der Waals surface area contributed by atoms with Gasteiger partial charge in [0, 0.05) is 32.3 Å². The second kappa shape index (κ2) is 10.2. The molecule has 226 valence electrons. The largest absolute Gasteiger partial charge is 0.456 e. The molecular formula is C44H24N4O. The fourth-order valence-electron chi connectivity index (χ4n) is 7.60. The van der Waals surface area contributed by atoms with Gasteiger partial charge < -0.3 is 13.6 Å². The molecular weight excluding hydrogens is 601 g/mol. The quantitative estimate of drug-likeness (QED) is 0.184. The van der Waals surface area contributed by atoms with E-state index in [-0.39, 0.29) is 0 Å². The van der Waals surface area contributed by atoms with E-state index in [0.717, 1.165) is 88.1 Å². The van der Waals surface area contributed by atoms with Gasteiger partial charge in [-0.05, 0) is 65.7 Å². The third kappa shape index (κ3) is 3.85. The van der Waals surface area contributed by atoms with Gasteiger partial charge in [0.25, 0.3) is 0 Å². The molecule has 0 bridgehead atoms. The van der Waals surface area contributed by atoms with Crippen molar-refractivity contribution in [1.82, 2.24) is 9.13 Å². The lowest BCUT2D eigenvalue weighted by Gasteiger charge is -2.15. The normalized spacial score (nSPS) is 11.6. The summed E-state index contributed by atoms with van der Waals surface area (Å²) in [5.74, 6) is 0. The molecule has 0 aliphatic carbocycles. The van der Waals surface area contributed by atoms with Crippen molar-refractivity contribution in [3.05, 3.63) is 163 Å². The molecule has 49 heavy (non-hydrogen) atoms. The maximum Gasteiger partial charge on any atom is 0.210 e. The average molecular weight is 625 g/mol. The van der Waals surface area contributed by atoms with Crippen LogP contribution in [0.3, 0.4) is 0 Å². The average Bonchev–Trinajstić information content (AvgIpc) is 3.80. The smallest absolute Gasteiger partial charge is 0.210 e. The molecule has 0 fully saturated rings. The summed E-state index contributed by atoms with van der Waals surface area (Å²) in [7, 11) is 0. The number of nitriles is 1. The van der Waals surface area contributed by atoms with E-state index in [1.807, 2.05) is 66.7 Å². The molecule has 0 amide bonds. The Morgan fingerprint density at radius 1 is 0.490 bits per heavy atom. The monoisotopic (exact) mass is 624 g/mol. The number of nitrogens with zero attached hydrogens (tertiary/aromatic N) is 4. The molecule has 0 saturated heterocycles. The summed E-state index contributed by atoms with van der Waals surface area (Å²) in [5.41, 5.74) is 10.5. The van der Waals surface area contributed by atoms with Crippen molar-refractivity contribution in [2.75, 3.05) is 0 Å². The predicted octanol–water partition coefficient (Wildman–Crippen LogP) is 11.9. The fraction of sp³-hybridized carbons (Fsp3) is 0. The lowest BCUT2D eigenvalue weighted by atomic mass is 10.0. The first kappa shape index (κ1) is 27.1. The SMILES string of the molecule is [C-]#[N+]c1ccc(-c2ccc(C#N)c(-n3c4ccccc4c4cc5oc6ccccc6c5cc43)c2)cc1-n1c2ccccc2c2ccccc21. The minimum Gasteiger partial charge on any atom is -0.456 e. The third-order valence-corrected chi connectivity index (χ3v) is 9.78. The summed E-state index contributed by atoms with van der Waals surface area (Å²) in [4.78, 5) is 3.95. The zero-order valence-electron chi connectivity index (χ0n) is 26.1. The molecule has 0 N–H and O–H groups in total. The Bertz CT molecular complexity index is 3030. The van der Waals surface area contributed by atoms with Crippen LogP contribution in [0.1, 0.15) is 5.56 Å². The molecule has 10 rings (SSSR count). The van der Waals surface area contributed by atoms with Crippen LogP contribution in [0.2, 0.25) is 0 Å². The Kier molecular flexibility index (Phi) is 5.64. The third-order valence-electron chi connectivity index (χ3n) is 9.78. The summed E-state index contributed by atoms with van der Waals surface area (Å²) in [6.45, 7) is 8.08. The molecule has 0 saturated carbocycles. The van der Waals surface area contributed by atoms with Crippen LogP contribution in [0, 0.1) is 17.9 Å². The number of benzene rings is 7. The van der Waals surface area contributed by atoms with E-state index in [1.54, 1.807) is 0 Å². The highest BCUT2D eigenvalue weighted by molar-refractivity contribution is 6.17. The Balaban J connectivity index is 1.23. The Morgan fingerprint density at radius 3 is 1.69 bits per heavy atom. The van der Waals surface area contributed by atoms with E-state index in [1.165, 1.54) is 0 Å². The van der Waals surface area contributed by atoms with Gasteiger partial charge in [-0.15, -0.1) is 0 Å². The van der Waals surface area contributed by atoms with Gasteiger partial charge in [0.15, 0.2) is 0 Å². The topological polar surface area (TPSA) is 51.1 Å². The van der Waals surface area contributed by atoms with E-state index in [2.05, 4.69) is 98.9 Å². The zero-order chi connectivity index (χ0) is 32.6. The lowest BCUT2D eigenvalue weighted by Crippen LogP contribution is -1.99. The molecule has 0 spiro atoms. The van der Waals surface area contributed by atoms with Crippen LogP contribution in [0.4, 0.5) is 5.69 Å². The molecule has 0 atom stereocenters. The van der Waals surface area contributed by atoms with E-state index in [4.69, 9.17) is 11.0 Å². The molecule has 0 unspecified atom stereocenters. The molecule has 0 radical (unpaired) electrons. The van der Waals surface area contributed by atoms with Gasteiger partial charge in [-0.1, -0.05) is 91.0 Å². The van der Waals surface area contributed by atoms with Crippen molar-refractivity contribution in [3.8, 4) is 28.6 Å². The lowest BCUT2D eigenvalue weighted by molar-refractivity contribution is 0.669. The molecule has 7 aromatic carbocycles. The summed E-state index contributed by atoms with van der Waals surface area (Å²) in [6.07, 6.45) is 0. The van der Waals surface area contributed by atoms with Crippen LogP contribution in [-0.4, -0.2) is 9.13 Å². The van der Waals surface area contributed by atoms with Gasteiger partial charge >= 0.3 is 0 Å². The minimum absolute atomic E-state index is 0.572. The van der Waals surface area contributed by atoms with E-state index >= 15 is 0 Å². The van der Waals surface area contributed by atoms with Crippen molar-refractivity contribution < 1.29 is 4.42 Å². The van der Waals surface area contributed by atoms with Crippen LogP contribution in [-0.2, 0) is 0 Å². The summed E-state index contributed by atoms with van der Waals surface area (Å²) in [6, 6.07) is 51.9. The number of fused-ring (bicyclic) bond motifs is 9. The summed E-state index contributed by atoms with van der Waals surface area (Å²) in [5, 5.41) is 17.0. The van der Waals surface area contributed by atoms with Crippen molar-refractivity contribution in [2.24, 2.45) is 0 Å². The van der Waals surface area contributed by atoms with E-state index < -0.39 is 0 Å². The van der Waals surface area contributed by atoms with E-state index in [0.29, 0.717) is 11.3 Å². The molecule has 0 aliphatic rings. The Morgan fingerprint density at radius 2 is 1.04 bits per heavy atom. The van der Waals surface area contributed by atoms with Crippen LogP contribution in [0.5, 0.6) is 0 Å². The Hall–Kier alpha value is -7.08. The highest BCUT2D eigenvalue weighted by atomic mass is 16.3. The Labute approximate surface area is 280 Å².